The Hall–Kier alpha value is -3.50. The van der Waals surface area contributed by atoms with Gasteiger partial charge in [0.25, 0.3) is 0 Å². The summed E-state index contributed by atoms with van der Waals surface area (Å²) in [7, 11) is 0. The Labute approximate surface area is 218 Å². The van der Waals surface area contributed by atoms with Crippen LogP contribution < -0.4 is 32.5 Å². The summed E-state index contributed by atoms with van der Waals surface area (Å²) >= 11 is 12.1. The molecule has 1 aromatic heterocycles. The summed E-state index contributed by atoms with van der Waals surface area (Å²) in [4.78, 5) is 34.6. The van der Waals surface area contributed by atoms with Crippen LogP contribution in [0.5, 0.6) is 5.75 Å². The molecular formula is C24H29Cl2N7O3. The van der Waals surface area contributed by atoms with Gasteiger partial charge in [0.15, 0.2) is 5.96 Å². The molecule has 0 spiro atoms. The van der Waals surface area contributed by atoms with Gasteiger partial charge in [-0.3, -0.25) is 9.56 Å². The van der Waals surface area contributed by atoms with Gasteiger partial charge in [-0.25, -0.2) is 14.2 Å². The van der Waals surface area contributed by atoms with Gasteiger partial charge < -0.3 is 21.1 Å². The number of halogens is 2. The lowest BCUT2D eigenvalue weighted by molar-refractivity contribution is 0.340. The Balaban J connectivity index is 1.93. The Kier molecular flexibility index (Phi) is 9.77. The lowest BCUT2D eigenvalue weighted by Gasteiger charge is -2.16. The Bertz CT molecular complexity index is 1320. The van der Waals surface area contributed by atoms with Crippen molar-refractivity contribution < 1.29 is 4.74 Å². The molecule has 4 N–H and O–H groups in total. The van der Waals surface area contributed by atoms with Gasteiger partial charge in [-0.05, 0) is 49.2 Å². The Morgan fingerprint density at radius 1 is 1.03 bits per heavy atom. The molecule has 3 rings (SSSR count). The number of nitrogens with one attached hydrogen (secondary N) is 2. The van der Waals surface area contributed by atoms with Crippen molar-refractivity contribution in [1.82, 2.24) is 19.4 Å². The van der Waals surface area contributed by atoms with E-state index in [0.29, 0.717) is 47.8 Å². The molecule has 1 heterocycles. The number of hydrogen-bond donors (Lipinski definition) is 3. The lowest BCUT2D eigenvalue weighted by atomic mass is 10.2. The van der Waals surface area contributed by atoms with Crippen LogP contribution in [0.4, 0.5) is 5.95 Å². The van der Waals surface area contributed by atoms with E-state index in [9.17, 15) is 9.59 Å². The van der Waals surface area contributed by atoms with Crippen molar-refractivity contribution in [2.24, 2.45) is 10.7 Å². The minimum Gasteiger partial charge on any atom is -0.494 e. The highest BCUT2D eigenvalue weighted by Gasteiger charge is 2.15. The molecule has 0 radical (unpaired) electrons. The molecular weight excluding hydrogens is 505 g/mol. The third-order valence-corrected chi connectivity index (χ3v) is 5.82. The van der Waals surface area contributed by atoms with E-state index in [2.05, 4.69) is 20.6 Å². The molecule has 3 aromatic rings. The SMILES string of the molecule is CCNC(N)=NCCNc1nc(=O)n(Cc2ccc(Cl)c(Cl)c2)c(=O)n1Cc1ccc(OCC)cc1. The first-order chi connectivity index (χ1) is 17.3. The second-order valence-electron chi connectivity index (χ2n) is 7.72. The van der Waals surface area contributed by atoms with Gasteiger partial charge in [0.1, 0.15) is 5.75 Å². The third-order valence-electron chi connectivity index (χ3n) is 5.08. The van der Waals surface area contributed by atoms with E-state index in [-0.39, 0.29) is 19.0 Å². The topological polar surface area (TPSA) is 129 Å². The molecule has 12 heteroatoms. The fourth-order valence-corrected chi connectivity index (χ4v) is 3.70. The molecule has 0 bridgehead atoms. The first-order valence-electron chi connectivity index (χ1n) is 11.5. The summed E-state index contributed by atoms with van der Waals surface area (Å²) < 4.78 is 7.96. The maximum atomic E-state index is 13.5. The maximum Gasteiger partial charge on any atom is 0.355 e. The highest BCUT2D eigenvalue weighted by atomic mass is 35.5. The number of aromatic nitrogens is 3. The molecule has 0 saturated carbocycles. The van der Waals surface area contributed by atoms with E-state index in [1.165, 1.54) is 4.57 Å². The van der Waals surface area contributed by atoms with Crippen LogP contribution in [0.1, 0.15) is 25.0 Å². The molecule has 0 atom stereocenters. The minimum absolute atomic E-state index is 0.00533. The third kappa shape index (κ3) is 7.25. The minimum atomic E-state index is -0.688. The largest absolute Gasteiger partial charge is 0.494 e. The summed E-state index contributed by atoms with van der Waals surface area (Å²) in [5, 5.41) is 6.66. The van der Waals surface area contributed by atoms with E-state index in [4.69, 9.17) is 33.7 Å². The Morgan fingerprint density at radius 2 is 1.72 bits per heavy atom. The first kappa shape index (κ1) is 27.1. The second-order valence-corrected chi connectivity index (χ2v) is 8.54. The van der Waals surface area contributed by atoms with Crippen molar-refractivity contribution in [3.8, 4) is 5.75 Å². The molecule has 0 unspecified atom stereocenters. The van der Waals surface area contributed by atoms with Gasteiger partial charge in [-0.2, -0.15) is 4.98 Å². The summed E-state index contributed by atoms with van der Waals surface area (Å²) in [5.41, 5.74) is 6.02. The summed E-state index contributed by atoms with van der Waals surface area (Å²) in [5.74, 6) is 1.18. The summed E-state index contributed by atoms with van der Waals surface area (Å²) in [6.07, 6.45) is 0. The molecule has 0 aliphatic heterocycles. The van der Waals surface area contributed by atoms with Gasteiger partial charge in [0.05, 0.1) is 36.3 Å². The summed E-state index contributed by atoms with van der Waals surface area (Å²) in [6.45, 7) is 5.85. The van der Waals surface area contributed by atoms with Crippen LogP contribution in [0, 0.1) is 0 Å². The molecule has 0 aliphatic rings. The highest BCUT2D eigenvalue weighted by molar-refractivity contribution is 6.42. The van der Waals surface area contributed by atoms with Gasteiger partial charge in [-0.1, -0.05) is 41.4 Å². The van der Waals surface area contributed by atoms with Crippen LogP contribution >= 0.6 is 23.2 Å². The van der Waals surface area contributed by atoms with Crippen LogP contribution in [0.25, 0.3) is 0 Å². The van der Waals surface area contributed by atoms with Crippen molar-refractivity contribution in [3.63, 3.8) is 0 Å². The summed E-state index contributed by atoms with van der Waals surface area (Å²) in [6, 6.07) is 12.3. The molecule has 0 fully saturated rings. The van der Waals surface area contributed by atoms with Crippen molar-refractivity contribution in [3.05, 3.63) is 84.6 Å². The average Bonchev–Trinajstić information content (AvgIpc) is 2.85. The fraction of sp³-hybridized carbons (Fsp3) is 0.333. The molecule has 0 aliphatic carbocycles. The van der Waals surface area contributed by atoms with Crippen LogP contribution in [0.15, 0.2) is 57.0 Å². The molecule has 0 saturated heterocycles. The number of anilines is 1. The van der Waals surface area contributed by atoms with E-state index in [1.807, 2.05) is 38.1 Å². The molecule has 36 heavy (non-hydrogen) atoms. The van der Waals surface area contributed by atoms with Crippen molar-refractivity contribution in [2.75, 3.05) is 31.6 Å². The monoisotopic (exact) mass is 533 g/mol. The van der Waals surface area contributed by atoms with E-state index >= 15 is 0 Å². The van der Waals surface area contributed by atoms with Crippen LogP contribution in [-0.2, 0) is 13.1 Å². The number of ether oxygens (including phenoxy) is 1. The maximum absolute atomic E-state index is 13.5. The van der Waals surface area contributed by atoms with Crippen molar-refractivity contribution in [1.29, 1.82) is 0 Å². The predicted octanol–water partition coefficient (Wildman–Crippen LogP) is 2.54. The number of guanidine groups is 1. The van der Waals surface area contributed by atoms with E-state index in [0.717, 1.165) is 15.9 Å². The Morgan fingerprint density at radius 3 is 2.39 bits per heavy atom. The quantitative estimate of drug-likeness (QED) is 0.196. The molecule has 10 nitrogen and oxygen atoms in total. The van der Waals surface area contributed by atoms with Crippen molar-refractivity contribution >= 4 is 35.1 Å². The lowest BCUT2D eigenvalue weighted by Crippen LogP contribution is -2.43. The van der Waals surface area contributed by atoms with Crippen molar-refractivity contribution in [2.45, 2.75) is 26.9 Å². The van der Waals surface area contributed by atoms with Crippen LogP contribution in [0.2, 0.25) is 10.0 Å². The molecule has 0 amide bonds. The zero-order valence-corrected chi connectivity index (χ0v) is 21.6. The van der Waals surface area contributed by atoms with Gasteiger partial charge in [0.2, 0.25) is 5.95 Å². The fourth-order valence-electron chi connectivity index (χ4n) is 3.38. The second kappa shape index (κ2) is 13.0. The van der Waals surface area contributed by atoms with Gasteiger partial charge >= 0.3 is 11.4 Å². The number of rotatable bonds is 11. The number of aliphatic imine (C=N–C) groups is 1. The normalized spacial score (nSPS) is 11.4. The van der Waals surface area contributed by atoms with E-state index in [1.54, 1.807) is 18.2 Å². The number of nitrogens with two attached hydrogens (primary N) is 1. The zero-order valence-electron chi connectivity index (χ0n) is 20.1. The predicted molar refractivity (Wildman–Crippen MR) is 144 cm³/mol. The average molecular weight is 534 g/mol. The number of hydrogen-bond acceptors (Lipinski definition) is 6. The van der Waals surface area contributed by atoms with Crippen LogP contribution in [-0.4, -0.2) is 46.3 Å². The first-order valence-corrected chi connectivity index (χ1v) is 12.2. The smallest absolute Gasteiger partial charge is 0.355 e. The zero-order chi connectivity index (χ0) is 26.1. The highest BCUT2D eigenvalue weighted by Crippen LogP contribution is 2.22. The standard InChI is InChI=1S/C24H29Cl2N7O3/c1-3-28-21(27)29-11-12-30-22-31-23(34)33(15-17-7-10-19(25)20(26)13-17)24(35)32(22)14-16-5-8-18(9-6-16)36-4-2/h5-10,13H,3-4,11-12,14-15H2,1-2H3,(H3,27,28,29)(H,30,31,34). The van der Waals surface area contributed by atoms with Gasteiger partial charge in [0, 0.05) is 13.1 Å². The van der Waals surface area contributed by atoms with Gasteiger partial charge in [-0.15, -0.1) is 0 Å². The molecule has 2 aromatic carbocycles. The molecule has 192 valence electrons. The number of nitrogens with zero attached hydrogens (tertiary/aromatic N) is 4. The van der Waals surface area contributed by atoms with E-state index < -0.39 is 11.4 Å². The number of benzene rings is 2. The van der Waals surface area contributed by atoms with Crippen LogP contribution in [0.3, 0.4) is 0 Å².